The molecule has 2 N–H and O–H groups in total. The van der Waals surface area contributed by atoms with E-state index in [4.69, 9.17) is 9.47 Å². The number of carbonyl (C=O) groups is 2. The van der Waals surface area contributed by atoms with Crippen LogP contribution >= 0.6 is 0 Å². The molecule has 0 heterocycles. The molecule has 3 aromatic carbocycles. The van der Waals surface area contributed by atoms with E-state index in [1.165, 1.54) is 18.2 Å². The van der Waals surface area contributed by atoms with Gasteiger partial charge in [0, 0.05) is 5.69 Å². The van der Waals surface area contributed by atoms with Crippen LogP contribution in [-0.4, -0.2) is 30.2 Å². The highest BCUT2D eigenvalue weighted by atomic mass is 16.5. The lowest BCUT2D eigenvalue weighted by atomic mass is 10.2. The Labute approximate surface area is 179 Å². The fourth-order valence-corrected chi connectivity index (χ4v) is 2.57. The number of rotatable bonds is 8. The van der Waals surface area contributed by atoms with Crippen molar-refractivity contribution in [3.05, 3.63) is 78.4 Å². The van der Waals surface area contributed by atoms with Crippen molar-refractivity contribution in [1.29, 1.82) is 0 Å². The smallest absolute Gasteiger partial charge is 0.340 e. The SMILES string of the molecule is CCOc1ccc(NC(=O)COC(=O)c2ccccc2N=Nc2ccc(O)cc2)cc1. The first-order chi connectivity index (χ1) is 15.0. The maximum Gasteiger partial charge on any atom is 0.340 e. The molecule has 0 aliphatic heterocycles. The van der Waals surface area contributed by atoms with E-state index in [0.29, 0.717) is 29.4 Å². The minimum atomic E-state index is -0.693. The molecule has 0 fully saturated rings. The van der Waals surface area contributed by atoms with E-state index in [9.17, 15) is 14.7 Å². The molecule has 8 heteroatoms. The molecule has 0 radical (unpaired) electrons. The van der Waals surface area contributed by atoms with Gasteiger partial charge in [0.05, 0.1) is 17.9 Å². The Kier molecular flexibility index (Phi) is 7.31. The maximum absolute atomic E-state index is 12.4. The van der Waals surface area contributed by atoms with Crippen LogP contribution in [0.5, 0.6) is 11.5 Å². The zero-order valence-corrected chi connectivity index (χ0v) is 16.8. The van der Waals surface area contributed by atoms with Crippen LogP contribution in [0.2, 0.25) is 0 Å². The van der Waals surface area contributed by atoms with E-state index in [-0.39, 0.29) is 11.3 Å². The first-order valence-electron chi connectivity index (χ1n) is 9.55. The largest absolute Gasteiger partial charge is 0.508 e. The van der Waals surface area contributed by atoms with E-state index >= 15 is 0 Å². The van der Waals surface area contributed by atoms with E-state index in [1.54, 1.807) is 54.6 Å². The van der Waals surface area contributed by atoms with Crippen LogP contribution in [0.3, 0.4) is 0 Å². The monoisotopic (exact) mass is 419 g/mol. The zero-order chi connectivity index (χ0) is 22.1. The number of nitrogens with one attached hydrogen (secondary N) is 1. The lowest BCUT2D eigenvalue weighted by Crippen LogP contribution is -2.20. The average Bonchev–Trinajstić information content (AvgIpc) is 2.79. The summed E-state index contributed by atoms with van der Waals surface area (Å²) in [4.78, 5) is 24.5. The summed E-state index contributed by atoms with van der Waals surface area (Å²) < 4.78 is 10.5. The third kappa shape index (κ3) is 6.40. The van der Waals surface area contributed by atoms with Crippen molar-refractivity contribution in [3.63, 3.8) is 0 Å². The number of amides is 1. The highest BCUT2D eigenvalue weighted by molar-refractivity contribution is 5.98. The highest BCUT2D eigenvalue weighted by Crippen LogP contribution is 2.24. The van der Waals surface area contributed by atoms with Gasteiger partial charge in [0.15, 0.2) is 6.61 Å². The van der Waals surface area contributed by atoms with Gasteiger partial charge in [0.25, 0.3) is 5.91 Å². The Balaban J connectivity index is 1.59. The molecule has 158 valence electrons. The number of aromatic hydroxyl groups is 1. The van der Waals surface area contributed by atoms with E-state index in [2.05, 4.69) is 15.5 Å². The standard InChI is InChI=1S/C23H21N3O5/c1-2-30-19-13-9-16(10-14-19)24-22(28)15-31-23(29)20-5-3-4-6-21(20)26-25-17-7-11-18(27)12-8-17/h3-14,27H,2,15H2,1H3,(H,24,28). The quantitative estimate of drug-likeness (QED) is 0.394. The van der Waals surface area contributed by atoms with Gasteiger partial charge in [-0.25, -0.2) is 4.79 Å². The van der Waals surface area contributed by atoms with Crippen LogP contribution in [0, 0.1) is 0 Å². The number of carbonyl (C=O) groups excluding carboxylic acids is 2. The van der Waals surface area contributed by atoms with E-state index in [1.807, 2.05) is 6.92 Å². The number of hydrogen-bond donors (Lipinski definition) is 2. The predicted molar refractivity (Wildman–Crippen MR) is 115 cm³/mol. The summed E-state index contributed by atoms with van der Waals surface area (Å²) in [5, 5.41) is 20.1. The molecule has 8 nitrogen and oxygen atoms in total. The number of phenolic OH excluding ortho intramolecular Hbond substituents is 1. The number of ether oxygens (including phenoxy) is 2. The molecule has 0 aliphatic carbocycles. The Bertz CT molecular complexity index is 1060. The lowest BCUT2D eigenvalue weighted by Gasteiger charge is -2.08. The van der Waals surface area contributed by atoms with Crippen LogP contribution in [0.4, 0.5) is 17.1 Å². The van der Waals surface area contributed by atoms with Gasteiger partial charge in [-0.3, -0.25) is 4.79 Å². The topological polar surface area (TPSA) is 110 Å². The predicted octanol–water partition coefficient (Wildman–Crippen LogP) is 5.00. The first kappa shape index (κ1) is 21.5. The van der Waals surface area contributed by atoms with Crippen LogP contribution in [0.1, 0.15) is 17.3 Å². The van der Waals surface area contributed by atoms with Crippen molar-refractivity contribution in [1.82, 2.24) is 0 Å². The molecule has 0 aromatic heterocycles. The molecule has 0 bridgehead atoms. The third-order valence-electron chi connectivity index (χ3n) is 4.03. The average molecular weight is 419 g/mol. The fourth-order valence-electron chi connectivity index (χ4n) is 2.57. The molecule has 1 amide bonds. The van der Waals surface area contributed by atoms with Crippen molar-refractivity contribution in [2.75, 3.05) is 18.5 Å². The summed E-state index contributed by atoms with van der Waals surface area (Å²) in [5.41, 5.74) is 1.55. The number of esters is 1. The number of hydrogen-bond acceptors (Lipinski definition) is 7. The summed E-state index contributed by atoms with van der Waals surface area (Å²) in [6, 6.07) is 19.5. The minimum absolute atomic E-state index is 0.117. The molecule has 0 spiro atoms. The van der Waals surface area contributed by atoms with Crippen LogP contribution < -0.4 is 10.1 Å². The first-order valence-corrected chi connectivity index (χ1v) is 9.55. The van der Waals surface area contributed by atoms with Gasteiger partial charge in [-0.05, 0) is 67.6 Å². The van der Waals surface area contributed by atoms with Gasteiger partial charge in [0.1, 0.15) is 17.2 Å². The summed E-state index contributed by atoms with van der Waals surface area (Å²) in [7, 11) is 0. The van der Waals surface area contributed by atoms with Crippen molar-refractivity contribution >= 4 is 28.9 Å². The number of anilines is 1. The number of azo groups is 1. The number of phenols is 1. The third-order valence-corrected chi connectivity index (χ3v) is 4.03. The molecular formula is C23H21N3O5. The van der Waals surface area contributed by atoms with Gasteiger partial charge in [-0.2, -0.15) is 5.11 Å². The second-order valence-electron chi connectivity index (χ2n) is 6.32. The molecule has 0 atom stereocenters. The Morgan fingerprint density at radius 1 is 0.935 bits per heavy atom. The molecule has 0 saturated heterocycles. The molecule has 3 aromatic rings. The van der Waals surface area contributed by atoms with Crippen LogP contribution in [0.25, 0.3) is 0 Å². The highest BCUT2D eigenvalue weighted by Gasteiger charge is 2.14. The Morgan fingerprint density at radius 2 is 1.65 bits per heavy atom. The lowest BCUT2D eigenvalue weighted by molar-refractivity contribution is -0.119. The zero-order valence-electron chi connectivity index (χ0n) is 16.8. The van der Waals surface area contributed by atoms with Crippen molar-refractivity contribution < 1.29 is 24.2 Å². The minimum Gasteiger partial charge on any atom is -0.508 e. The normalized spacial score (nSPS) is 10.6. The molecule has 0 aliphatic rings. The maximum atomic E-state index is 12.4. The molecule has 31 heavy (non-hydrogen) atoms. The van der Waals surface area contributed by atoms with Gasteiger partial charge in [-0.1, -0.05) is 12.1 Å². The summed E-state index contributed by atoms with van der Waals surface area (Å²) >= 11 is 0. The van der Waals surface area contributed by atoms with Crippen molar-refractivity contribution in [3.8, 4) is 11.5 Å². The second-order valence-corrected chi connectivity index (χ2v) is 6.32. The number of benzene rings is 3. The fraction of sp³-hybridized carbons (Fsp3) is 0.130. The molecular weight excluding hydrogens is 398 g/mol. The summed E-state index contributed by atoms with van der Waals surface area (Å²) in [6.45, 7) is 1.99. The van der Waals surface area contributed by atoms with E-state index in [0.717, 1.165) is 0 Å². The van der Waals surface area contributed by atoms with Crippen LogP contribution in [0.15, 0.2) is 83.0 Å². The van der Waals surface area contributed by atoms with Crippen LogP contribution in [-0.2, 0) is 9.53 Å². The number of nitrogens with zero attached hydrogens (tertiary/aromatic N) is 2. The molecule has 0 unspecified atom stereocenters. The summed E-state index contributed by atoms with van der Waals surface area (Å²) in [5.74, 6) is -0.348. The van der Waals surface area contributed by atoms with Gasteiger partial charge in [0.2, 0.25) is 0 Å². The molecule has 3 rings (SSSR count). The van der Waals surface area contributed by atoms with Gasteiger partial charge < -0.3 is 19.9 Å². The second kappa shape index (κ2) is 10.5. The van der Waals surface area contributed by atoms with Gasteiger partial charge >= 0.3 is 5.97 Å². The Morgan fingerprint density at radius 3 is 2.35 bits per heavy atom. The van der Waals surface area contributed by atoms with Gasteiger partial charge in [-0.15, -0.1) is 5.11 Å². The Hall–Kier alpha value is -4.20. The van der Waals surface area contributed by atoms with Crippen molar-refractivity contribution in [2.24, 2.45) is 10.2 Å². The van der Waals surface area contributed by atoms with Crippen molar-refractivity contribution in [2.45, 2.75) is 6.92 Å². The summed E-state index contributed by atoms with van der Waals surface area (Å²) in [6.07, 6.45) is 0. The van der Waals surface area contributed by atoms with E-state index < -0.39 is 18.5 Å². The molecule has 0 saturated carbocycles.